The zero-order valence-corrected chi connectivity index (χ0v) is 13.0. The second-order valence-electron chi connectivity index (χ2n) is 6.87. The molecule has 2 fully saturated rings. The Morgan fingerprint density at radius 3 is 2.65 bits per heavy atom. The number of nitrogens with zero attached hydrogens (tertiary/aromatic N) is 1. The number of methoxy groups -OCH3 is 1. The summed E-state index contributed by atoms with van der Waals surface area (Å²) >= 11 is 0. The largest absolute Gasteiger partial charge is 0.469 e. The summed E-state index contributed by atoms with van der Waals surface area (Å²) < 4.78 is 4.91. The summed E-state index contributed by atoms with van der Waals surface area (Å²) in [5.74, 6) is 0.459. The van der Waals surface area contributed by atoms with Crippen molar-refractivity contribution in [1.29, 1.82) is 0 Å². The van der Waals surface area contributed by atoms with Crippen molar-refractivity contribution in [3.05, 3.63) is 0 Å². The van der Waals surface area contributed by atoms with Gasteiger partial charge >= 0.3 is 5.97 Å². The Bertz CT molecular complexity index is 378. The summed E-state index contributed by atoms with van der Waals surface area (Å²) in [7, 11) is 1.44. The van der Waals surface area contributed by atoms with Gasteiger partial charge in [-0.1, -0.05) is 6.42 Å². The standard InChI is InChI=1S/C16H27NO3/c1-16(2,15(19)20-3)11-17-10-5-4-8-13(17)12-7-6-9-14(12)18/h12-13H,4-11H2,1-3H3. The van der Waals surface area contributed by atoms with Crippen LogP contribution in [0.4, 0.5) is 0 Å². The van der Waals surface area contributed by atoms with Crippen LogP contribution < -0.4 is 0 Å². The molecular weight excluding hydrogens is 254 g/mol. The minimum atomic E-state index is -0.508. The van der Waals surface area contributed by atoms with Gasteiger partial charge in [0.25, 0.3) is 0 Å². The van der Waals surface area contributed by atoms with Crippen LogP contribution in [0.25, 0.3) is 0 Å². The highest BCUT2D eigenvalue weighted by Gasteiger charge is 2.40. The molecule has 0 aromatic heterocycles. The molecule has 4 nitrogen and oxygen atoms in total. The van der Waals surface area contributed by atoms with Crippen molar-refractivity contribution < 1.29 is 14.3 Å². The molecule has 0 spiro atoms. The number of Topliss-reactive ketones (excluding diaryl/α,β-unsaturated/α-hetero) is 1. The van der Waals surface area contributed by atoms with Crippen LogP contribution >= 0.6 is 0 Å². The molecule has 1 aliphatic carbocycles. The highest BCUT2D eigenvalue weighted by molar-refractivity contribution is 5.83. The average molecular weight is 281 g/mol. The van der Waals surface area contributed by atoms with Gasteiger partial charge in [0.15, 0.2) is 0 Å². The summed E-state index contributed by atoms with van der Waals surface area (Å²) in [5, 5.41) is 0. The third kappa shape index (κ3) is 3.22. The summed E-state index contributed by atoms with van der Waals surface area (Å²) in [6.45, 7) is 5.55. The van der Waals surface area contributed by atoms with E-state index in [2.05, 4.69) is 4.90 Å². The number of ether oxygens (including phenoxy) is 1. The molecule has 20 heavy (non-hydrogen) atoms. The quantitative estimate of drug-likeness (QED) is 0.742. The molecule has 114 valence electrons. The van der Waals surface area contributed by atoms with Gasteiger partial charge in [-0.3, -0.25) is 14.5 Å². The minimum absolute atomic E-state index is 0.167. The lowest BCUT2D eigenvalue weighted by atomic mass is 9.85. The lowest BCUT2D eigenvalue weighted by Gasteiger charge is -2.41. The lowest BCUT2D eigenvalue weighted by molar-refractivity contribution is -0.152. The number of rotatable bonds is 4. The third-order valence-corrected chi connectivity index (χ3v) is 4.82. The fourth-order valence-electron chi connectivity index (χ4n) is 3.77. The molecule has 1 saturated heterocycles. The first kappa shape index (κ1) is 15.5. The Morgan fingerprint density at radius 1 is 1.30 bits per heavy atom. The summed E-state index contributed by atoms with van der Waals surface area (Å²) in [5.41, 5.74) is -0.508. The first-order chi connectivity index (χ1) is 9.45. The molecule has 0 aromatic rings. The number of likely N-dealkylation sites (tertiary alicyclic amines) is 1. The Kier molecular flexibility index (Phi) is 4.84. The van der Waals surface area contributed by atoms with E-state index in [1.165, 1.54) is 13.5 Å². The second kappa shape index (κ2) is 6.25. The fraction of sp³-hybridized carbons (Fsp3) is 0.875. The van der Waals surface area contributed by atoms with Gasteiger partial charge in [0, 0.05) is 24.9 Å². The third-order valence-electron chi connectivity index (χ3n) is 4.82. The van der Waals surface area contributed by atoms with Gasteiger partial charge in [-0.15, -0.1) is 0 Å². The Balaban J connectivity index is 2.07. The Morgan fingerprint density at radius 2 is 2.05 bits per heavy atom. The minimum Gasteiger partial charge on any atom is -0.469 e. The molecular formula is C16H27NO3. The van der Waals surface area contributed by atoms with Crippen molar-refractivity contribution in [2.24, 2.45) is 11.3 Å². The monoisotopic (exact) mass is 281 g/mol. The maximum absolute atomic E-state index is 12.1. The molecule has 0 bridgehead atoms. The van der Waals surface area contributed by atoms with Crippen molar-refractivity contribution in [1.82, 2.24) is 4.90 Å². The van der Waals surface area contributed by atoms with Crippen molar-refractivity contribution in [3.8, 4) is 0 Å². The summed E-state index contributed by atoms with van der Waals surface area (Å²) in [6.07, 6.45) is 6.26. The van der Waals surface area contributed by atoms with Crippen LogP contribution in [0, 0.1) is 11.3 Å². The van der Waals surface area contributed by atoms with E-state index in [4.69, 9.17) is 4.74 Å². The molecule has 2 rings (SSSR count). The van der Waals surface area contributed by atoms with Crippen LogP contribution in [0.5, 0.6) is 0 Å². The van der Waals surface area contributed by atoms with Gasteiger partial charge < -0.3 is 4.74 Å². The fourth-order valence-corrected chi connectivity index (χ4v) is 3.77. The van der Waals surface area contributed by atoms with Crippen LogP contribution in [0.3, 0.4) is 0 Å². The smallest absolute Gasteiger partial charge is 0.312 e. The predicted molar refractivity (Wildman–Crippen MR) is 77.4 cm³/mol. The summed E-state index contributed by atoms with van der Waals surface area (Å²) in [4.78, 5) is 26.3. The van der Waals surface area contributed by atoms with Crippen molar-refractivity contribution in [3.63, 3.8) is 0 Å². The van der Waals surface area contributed by atoms with Crippen LogP contribution in [0.2, 0.25) is 0 Å². The van der Waals surface area contributed by atoms with Crippen molar-refractivity contribution >= 4 is 11.8 Å². The van der Waals surface area contributed by atoms with Crippen LogP contribution in [-0.4, -0.2) is 42.9 Å². The van der Waals surface area contributed by atoms with E-state index >= 15 is 0 Å². The highest BCUT2D eigenvalue weighted by atomic mass is 16.5. The molecule has 2 aliphatic rings. The zero-order chi connectivity index (χ0) is 14.8. The van der Waals surface area contributed by atoms with Crippen LogP contribution in [-0.2, 0) is 14.3 Å². The normalized spacial score (nSPS) is 28.6. The maximum atomic E-state index is 12.1. The molecule has 0 amide bonds. The van der Waals surface area contributed by atoms with E-state index in [1.54, 1.807) is 0 Å². The summed E-state index contributed by atoms with van der Waals surface area (Å²) in [6, 6.07) is 0.336. The topological polar surface area (TPSA) is 46.6 Å². The number of carbonyl (C=O) groups excluding carboxylic acids is 2. The molecule has 0 N–H and O–H groups in total. The Hall–Kier alpha value is -0.900. The molecule has 2 atom stereocenters. The highest BCUT2D eigenvalue weighted by Crippen LogP contribution is 2.34. The van der Waals surface area contributed by atoms with Crippen molar-refractivity contribution in [2.75, 3.05) is 20.2 Å². The molecule has 0 aromatic carbocycles. The number of esters is 1. The van der Waals surface area contributed by atoms with Gasteiger partial charge in [0.1, 0.15) is 5.78 Å². The zero-order valence-electron chi connectivity index (χ0n) is 13.0. The lowest BCUT2D eigenvalue weighted by Crippen LogP contribution is -2.50. The molecule has 1 aliphatic heterocycles. The van der Waals surface area contributed by atoms with E-state index in [-0.39, 0.29) is 11.9 Å². The number of piperidine rings is 1. The van der Waals surface area contributed by atoms with Gasteiger partial charge in [-0.05, 0) is 46.1 Å². The SMILES string of the molecule is COC(=O)C(C)(C)CN1CCCCC1C1CCCC1=O. The van der Waals surface area contributed by atoms with E-state index in [0.29, 0.717) is 18.4 Å². The molecule has 1 saturated carbocycles. The van der Waals surface area contributed by atoms with E-state index in [0.717, 1.165) is 38.6 Å². The molecule has 0 radical (unpaired) electrons. The molecule has 2 unspecified atom stereocenters. The number of hydrogen-bond acceptors (Lipinski definition) is 4. The van der Waals surface area contributed by atoms with Crippen LogP contribution in [0.15, 0.2) is 0 Å². The number of hydrogen-bond donors (Lipinski definition) is 0. The first-order valence-corrected chi connectivity index (χ1v) is 7.81. The van der Waals surface area contributed by atoms with E-state index in [9.17, 15) is 9.59 Å². The van der Waals surface area contributed by atoms with Gasteiger partial charge in [-0.2, -0.15) is 0 Å². The Labute approximate surface area is 121 Å². The van der Waals surface area contributed by atoms with Gasteiger partial charge in [0.05, 0.1) is 12.5 Å². The molecule has 1 heterocycles. The second-order valence-corrected chi connectivity index (χ2v) is 6.87. The van der Waals surface area contributed by atoms with Crippen molar-refractivity contribution in [2.45, 2.75) is 58.4 Å². The van der Waals surface area contributed by atoms with Gasteiger partial charge in [0.2, 0.25) is 0 Å². The van der Waals surface area contributed by atoms with Gasteiger partial charge in [-0.25, -0.2) is 0 Å². The van der Waals surface area contributed by atoms with Crippen LogP contribution in [0.1, 0.15) is 52.4 Å². The number of carbonyl (C=O) groups is 2. The number of ketones is 1. The maximum Gasteiger partial charge on any atom is 0.312 e. The first-order valence-electron chi connectivity index (χ1n) is 7.81. The van der Waals surface area contributed by atoms with E-state index < -0.39 is 5.41 Å². The molecule has 4 heteroatoms. The average Bonchev–Trinajstić information content (AvgIpc) is 2.84. The van der Waals surface area contributed by atoms with E-state index in [1.807, 2.05) is 13.8 Å². The predicted octanol–water partition coefficient (Wildman–Crippen LogP) is 2.41.